The fourth-order valence-electron chi connectivity index (χ4n) is 3.54. The number of aryl methyl sites for hydroxylation is 1. The summed E-state index contributed by atoms with van der Waals surface area (Å²) in [4.78, 5) is 31.3. The fourth-order valence-corrected chi connectivity index (χ4v) is 4.62. The van der Waals surface area contributed by atoms with Crippen LogP contribution in [0.25, 0.3) is 15.2 Å². The van der Waals surface area contributed by atoms with Crippen LogP contribution >= 0.6 is 11.3 Å². The predicted molar refractivity (Wildman–Crippen MR) is 139 cm³/mol. The van der Waals surface area contributed by atoms with Crippen molar-refractivity contribution in [1.82, 2.24) is 29.9 Å². The lowest BCUT2D eigenvalue weighted by molar-refractivity contribution is -0.119. The van der Waals surface area contributed by atoms with E-state index in [2.05, 4.69) is 20.5 Å². The van der Waals surface area contributed by atoms with Crippen molar-refractivity contribution in [3.05, 3.63) is 57.9 Å². The number of nitrogens with one attached hydrogen (secondary N) is 1. The standard InChI is InChI=1S/C22H23FN6O4S.C2H6O2/c1-13-18-19(34-21(13)29-25-7-8-26-29)27-22(28(20(18)31)10-9-24-14(2)30)33-11-6-15-12-16(23)4-5-17(15)32-3;3-1-2-4/h4-5,7-8,12H,6,9-11H2,1-3H3,(H,24,30);3-4H,1-2H2. The lowest BCUT2D eigenvalue weighted by Gasteiger charge is -2.14. The maximum absolute atomic E-state index is 13.7. The number of carbonyl (C=O) groups is 1. The largest absolute Gasteiger partial charge is 0.496 e. The number of nitrogens with zero attached hydrogens (tertiary/aromatic N) is 5. The highest BCUT2D eigenvalue weighted by Crippen LogP contribution is 2.31. The van der Waals surface area contributed by atoms with Gasteiger partial charge in [0.1, 0.15) is 21.4 Å². The van der Waals surface area contributed by atoms with Gasteiger partial charge in [0.15, 0.2) is 0 Å². The van der Waals surface area contributed by atoms with E-state index in [0.29, 0.717) is 38.5 Å². The highest BCUT2D eigenvalue weighted by atomic mass is 32.1. The van der Waals surface area contributed by atoms with E-state index in [1.54, 1.807) is 18.5 Å². The Labute approximate surface area is 221 Å². The van der Waals surface area contributed by atoms with E-state index in [4.69, 9.17) is 19.7 Å². The number of hydrogen-bond acceptors (Lipinski definition) is 10. The summed E-state index contributed by atoms with van der Waals surface area (Å²) >= 11 is 1.28. The molecule has 3 N–H and O–H groups in total. The summed E-state index contributed by atoms with van der Waals surface area (Å²) in [5.74, 6) is -0.0420. The molecule has 0 aliphatic rings. The number of hydrogen-bond donors (Lipinski definition) is 3. The van der Waals surface area contributed by atoms with Gasteiger partial charge in [-0.3, -0.25) is 14.2 Å². The lowest BCUT2D eigenvalue weighted by Crippen LogP contribution is -2.31. The average molecular weight is 549 g/mol. The second-order valence-corrected chi connectivity index (χ2v) is 8.84. The van der Waals surface area contributed by atoms with Gasteiger partial charge in [0, 0.05) is 37.6 Å². The van der Waals surface area contributed by atoms with Gasteiger partial charge in [-0.05, 0) is 25.1 Å². The molecule has 0 radical (unpaired) electrons. The number of benzene rings is 1. The number of aliphatic hydroxyl groups excluding tert-OH is 2. The number of rotatable bonds is 10. The van der Waals surface area contributed by atoms with Gasteiger partial charge in [0.05, 0.1) is 44.7 Å². The molecule has 0 aliphatic carbocycles. The summed E-state index contributed by atoms with van der Waals surface area (Å²) in [5, 5.41) is 27.4. The topological polar surface area (TPSA) is 154 Å². The minimum atomic E-state index is -0.378. The molecule has 38 heavy (non-hydrogen) atoms. The number of fused-ring (bicyclic) bond motifs is 1. The first-order chi connectivity index (χ1) is 18.3. The minimum Gasteiger partial charge on any atom is -0.496 e. The summed E-state index contributed by atoms with van der Waals surface area (Å²) in [6.45, 7) is 3.50. The van der Waals surface area contributed by atoms with E-state index in [-0.39, 0.29) is 56.2 Å². The molecule has 0 spiro atoms. The molecular weight excluding hydrogens is 519 g/mol. The third-order valence-corrected chi connectivity index (χ3v) is 6.40. The smallest absolute Gasteiger partial charge is 0.300 e. The normalized spacial score (nSPS) is 10.7. The van der Waals surface area contributed by atoms with Crippen molar-refractivity contribution >= 4 is 27.5 Å². The molecule has 0 atom stereocenters. The van der Waals surface area contributed by atoms with E-state index in [0.717, 1.165) is 0 Å². The number of aliphatic hydroxyl groups is 2. The quantitative estimate of drug-likeness (QED) is 0.265. The van der Waals surface area contributed by atoms with Crippen LogP contribution in [0.2, 0.25) is 0 Å². The Hall–Kier alpha value is -3.88. The number of thiophene rings is 1. The van der Waals surface area contributed by atoms with Crippen LogP contribution in [0, 0.1) is 12.7 Å². The molecule has 1 amide bonds. The van der Waals surface area contributed by atoms with Crippen LogP contribution in [0.5, 0.6) is 11.8 Å². The van der Waals surface area contributed by atoms with Crippen LogP contribution in [0.1, 0.15) is 18.1 Å². The first-order valence-corrected chi connectivity index (χ1v) is 12.4. The molecule has 0 saturated heterocycles. The number of ether oxygens (including phenoxy) is 2. The predicted octanol–water partition coefficient (Wildman–Crippen LogP) is 1.22. The maximum Gasteiger partial charge on any atom is 0.300 e. The van der Waals surface area contributed by atoms with Gasteiger partial charge in [-0.25, -0.2) is 4.39 Å². The van der Waals surface area contributed by atoms with Crippen LogP contribution in [0.15, 0.2) is 35.4 Å². The number of carbonyl (C=O) groups excluding carboxylic acids is 1. The van der Waals surface area contributed by atoms with Gasteiger partial charge in [0.2, 0.25) is 5.91 Å². The van der Waals surface area contributed by atoms with Crippen LogP contribution in [0.4, 0.5) is 4.39 Å². The van der Waals surface area contributed by atoms with E-state index in [9.17, 15) is 14.0 Å². The van der Waals surface area contributed by atoms with Crippen LogP contribution in [-0.4, -0.2) is 74.1 Å². The van der Waals surface area contributed by atoms with Gasteiger partial charge in [-0.2, -0.15) is 15.2 Å². The Morgan fingerprint density at radius 1 is 1.21 bits per heavy atom. The zero-order valence-corrected chi connectivity index (χ0v) is 22.0. The molecule has 3 heterocycles. The number of methoxy groups -OCH3 is 1. The van der Waals surface area contributed by atoms with Crippen molar-refractivity contribution in [1.29, 1.82) is 0 Å². The second kappa shape index (κ2) is 13.6. The first kappa shape index (κ1) is 28.7. The minimum absolute atomic E-state index is 0.111. The maximum atomic E-state index is 13.7. The molecule has 14 heteroatoms. The molecule has 4 rings (SSSR count). The molecule has 4 aromatic rings. The second-order valence-electron chi connectivity index (χ2n) is 7.87. The highest BCUT2D eigenvalue weighted by molar-refractivity contribution is 7.21. The molecule has 0 saturated carbocycles. The van der Waals surface area contributed by atoms with Gasteiger partial charge in [-0.1, -0.05) is 11.3 Å². The van der Waals surface area contributed by atoms with Crippen LogP contribution in [0.3, 0.4) is 0 Å². The van der Waals surface area contributed by atoms with Crippen molar-refractivity contribution < 1.29 is 28.9 Å². The number of halogens is 1. The van der Waals surface area contributed by atoms with E-state index in [1.165, 1.54) is 46.9 Å². The summed E-state index contributed by atoms with van der Waals surface area (Å²) in [6, 6.07) is 4.37. The Morgan fingerprint density at radius 2 is 1.92 bits per heavy atom. The Morgan fingerprint density at radius 3 is 2.55 bits per heavy atom. The Kier molecular flexibility index (Phi) is 10.3. The SMILES string of the molecule is COc1ccc(F)cc1CCOc1nc2sc(-n3nccn3)c(C)c2c(=O)n1CCNC(C)=O.OCCO. The van der Waals surface area contributed by atoms with Gasteiger partial charge in [0.25, 0.3) is 5.56 Å². The van der Waals surface area contributed by atoms with Crippen LogP contribution in [-0.2, 0) is 17.8 Å². The number of aromatic nitrogens is 5. The van der Waals surface area contributed by atoms with E-state index >= 15 is 0 Å². The molecule has 0 bridgehead atoms. The molecule has 204 valence electrons. The molecular formula is C24H29FN6O6S. The first-order valence-electron chi connectivity index (χ1n) is 11.6. The molecule has 3 aromatic heterocycles. The van der Waals surface area contributed by atoms with Gasteiger partial charge < -0.3 is 25.0 Å². The molecule has 12 nitrogen and oxygen atoms in total. The number of amides is 1. The van der Waals surface area contributed by atoms with E-state index < -0.39 is 0 Å². The Bertz CT molecular complexity index is 1420. The van der Waals surface area contributed by atoms with Crippen molar-refractivity contribution in [2.24, 2.45) is 0 Å². The van der Waals surface area contributed by atoms with Gasteiger partial charge in [-0.15, -0.1) is 4.80 Å². The average Bonchev–Trinajstić information content (AvgIpc) is 3.54. The Balaban J connectivity index is 0.000000934. The fraction of sp³-hybridized carbons (Fsp3) is 0.375. The zero-order valence-electron chi connectivity index (χ0n) is 21.2. The van der Waals surface area contributed by atoms with E-state index in [1.807, 2.05) is 6.92 Å². The highest BCUT2D eigenvalue weighted by Gasteiger charge is 2.20. The summed E-state index contributed by atoms with van der Waals surface area (Å²) in [6.07, 6.45) is 3.45. The monoisotopic (exact) mass is 548 g/mol. The molecule has 0 aliphatic heterocycles. The molecule has 0 unspecified atom stereocenters. The lowest BCUT2D eigenvalue weighted by atomic mass is 10.1. The zero-order chi connectivity index (χ0) is 27.7. The van der Waals surface area contributed by atoms with Gasteiger partial charge >= 0.3 is 6.01 Å². The van der Waals surface area contributed by atoms with Crippen molar-refractivity contribution in [2.45, 2.75) is 26.8 Å². The van der Waals surface area contributed by atoms with Crippen molar-refractivity contribution in [3.63, 3.8) is 0 Å². The third kappa shape index (κ3) is 6.90. The van der Waals surface area contributed by atoms with Crippen molar-refractivity contribution in [3.8, 4) is 16.8 Å². The third-order valence-electron chi connectivity index (χ3n) is 5.24. The van der Waals surface area contributed by atoms with Crippen molar-refractivity contribution in [2.75, 3.05) is 33.5 Å². The summed E-state index contributed by atoms with van der Waals surface area (Å²) < 4.78 is 26.3. The molecule has 1 aromatic carbocycles. The van der Waals surface area contributed by atoms with Crippen LogP contribution < -0.4 is 20.3 Å². The summed E-state index contributed by atoms with van der Waals surface area (Å²) in [5.41, 5.74) is 1.05. The summed E-state index contributed by atoms with van der Waals surface area (Å²) in [7, 11) is 1.51. The molecule has 0 fully saturated rings.